The van der Waals surface area contributed by atoms with Crippen molar-refractivity contribution in [2.45, 2.75) is 17.8 Å². The smallest absolute Gasteiger partial charge is 0.468 e. The van der Waals surface area contributed by atoms with Crippen LogP contribution in [0.2, 0.25) is 0 Å². The summed E-state index contributed by atoms with van der Waals surface area (Å²) in [5.74, 6) is -0.468. The first-order valence-electron chi connectivity index (χ1n) is 5.65. The number of alkyl halides is 3. The number of furan rings is 1. The minimum absolute atomic E-state index is 0.185. The molecule has 2 rings (SSSR count). The summed E-state index contributed by atoms with van der Waals surface area (Å²) in [7, 11) is -4.17. The van der Waals surface area contributed by atoms with Crippen molar-refractivity contribution in [3.63, 3.8) is 0 Å². The molecule has 1 N–H and O–H groups in total. The molecular weight excluding hydrogens is 311 g/mol. The average Bonchev–Trinajstić information content (AvgIpc) is 2.88. The van der Waals surface area contributed by atoms with Crippen LogP contribution in [-0.4, -0.2) is 14.8 Å². The number of rotatable bonds is 5. The lowest BCUT2D eigenvalue weighted by Gasteiger charge is -2.13. The molecule has 114 valence electrons. The van der Waals surface area contributed by atoms with Gasteiger partial charge >= 0.3 is 6.36 Å². The van der Waals surface area contributed by atoms with Crippen molar-refractivity contribution in [2.24, 2.45) is 0 Å². The van der Waals surface area contributed by atoms with Gasteiger partial charge in [-0.25, -0.2) is 13.1 Å². The zero-order valence-electron chi connectivity index (χ0n) is 10.4. The van der Waals surface area contributed by atoms with Gasteiger partial charge < -0.3 is 9.15 Å². The lowest BCUT2D eigenvalue weighted by Crippen LogP contribution is -2.25. The number of para-hydroxylation sites is 1. The lowest BCUT2D eigenvalue weighted by molar-refractivity contribution is -0.275. The van der Waals surface area contributed by atoms with Crippen molar-refractivity contribution in [1.29, 1.82) is 0 Å². The SMILES string of the molecule is O=S(=O)(NCc1ccco1)c1ccccc1OC(F)(F)F. The summed E-state index contributed by atoms with van der Waals surface area (Å²) in [5, 5.41) is 0. The summed E-state index contributed by atoms with van der Waals surface area (Å²) in [4.78, 5) is -0.603. The Morgan fingerprint density at radius 1 is 1.14 bits per heavy atom. The summed E-state index contributed by atoms with van der Waals surface area (Å²) in [6, 6.07) is 7.57. The fraction of sp³-hybridized carbons (Fsp3) is 0.167. The van der Waals surface area contributed by atoms with Crippen molar-refractivity contribution in [1.82, 2.24) is 4.72 Å². The predicted octanol–water partition coefficient (Wildman–Crippen LogP) is 2.66. The minimum Gasteiger partial charge on any atom is -0.468 e. The molecule has 0 saturated carbocycles. The molecule has 0 radical (unpaired) electrons. The highest BCUT2D eigenvalue weighted by Crippen LogP contribution is 2.29. The molecule has 0 fully saturated rings. The van der Waals surface area contributed by atoms with Crippen LogP contribution in [0.15, 0.2) is 52.0 Å². The molecule has 0 atom stereocenters. The highest BCUT2D eigenvalue weighted by Gasteiger charge is 2.33. The van der Waals surface area contributed by atoms with Gasteiger partial charge in [0.05, 0.1) is 12.8 Å². The number of nitrogens with one attached hydrogen (secondary N) is 1. The van der Waals surface area contributed by atoms with Gasteiger partial charge in [0, 0.05) is 0 Å². The molecule has 0 spiro atoms. The van der Waals surface area contributed by atoms with Crippen LogP contribution in [-0.2, 0) is 16.6 Å². The van der Waals surface area contributed by atoms with Crippen molar-refractivity contribution in [2.75, 3.05) is 0 Å². The van der Waals surface area contributed by atoms with Crippen LogP contribution < -0.4 is 9.46 Å². The van der Waals surface area contributed by atoms with Gasteiger partial charge in [0.2, 0.25) is 10.0 Å². The molecule has 2 aromatic rings. The summed E-state index contributed by atoms with van der Waals surface area (Å²) in [6.45, 7) is -0.185. The molecule has 21 heavy (non-hydrogen) atoms. The molecule has 0 bridgehead atoms. The Morgan fingerprint density at radius 3 is 2.48 bits per heavy atom. The monoisotopic (exact) mass is 321 g/mol. The van der Waals surface area contributed by atoms with Crippen molar-refractivity contribution < 1.29 is 30.7 Å². The minimum atomic E-state index is -4.98. The number of ether oxygens (including phenoxy) is 1. The van der Waals surface area contributed by atoms with Crippen LogP contribution in [0.25, 0.3) is 0 Å². The number of hydrogen-bond acceptors (Lipinski definition) is 4. The molecule has 0 saturated heterocycles. The zero-order valence-corrected chi connectivity index (χ0v) is 11.2. The molecule has 0 aliphatic rings. The standard InChI is InChI=1S/C12H10F3NO4S/c13-12(14,15)20-10-5-1-2-6-11(10)21(17,18)16-8-9-4-3-7-19-9/h1-7,16H,8H2. The van der Waals surface area contributed by atoms with Crippen LogP contribution in [0.4, 0.5) is 13.2 Å². The van der Waals surface area contributed by atoms with E-state index in [4.69, 9.17) is 4.42 Å². The summed E-state index contributed by atoms with van der Waals surface area (Å²) in [6.07, 6.45) is -3.63. The van der Waals surface area contributed by atoms with Gasteiger partial charge in [0.15, 0.2) is 0 Å². The van der Waals surface area contributed by atoms with E-state index in [0.717, 1.165) is 12.1 Å². The van der Waals surface area contributed by atoms with Crippen LogP contribution >= 0.6 is 0 Å². The Hall–Kier alpha value is -2.00. The van der Waals surface area contributed by atoms with E-state index in [-0.39, 0.29) is 6.54 Å². The van der Waals surface area contributed by atoms with E-state index in [1.807, 2.05) is 0 Å². The summed E-state index contributed by atoms with van der Waals surface area (Å²) < 4.78 is 71.7. The Kier molecular flexibility index (Phi) is 4.24. The van der Waals surface area contributed by atoms with Crippen LogP contribution in [0.3, 0.4) is 0 Å². The zero-order chi connectivity index (χ0) is 15.5. The number of hydrogen-bond donors (Lipinski definition) is 1. The Morgan fingerprint density at radius 2 is 1.86 bits per heavy atom. The van der Waals surface area contributed by atoms with Crippen molar-refractivity contribution in [3.05, 3.63) is 48.4 Å². The molecule has 1 heterocycles. The molecule has 0 unspecified atom stereocenters. The first kappa shape index (κ1) is 15.4. The number of benzene rings is 1. The maximum Gasteiger partial charge on any atom is 0.573 e. The van der Waals surface area contributed by atoms with E-state index in [1.165, 1.54) is 24.5 Å². The third-order valence-corrected chi connectivity index (χ3v) is 3.82. The normalized spacial score (nSPS) is 12.3. The lowest BCUT2D eigenvalue weighted by atomic mass is 10.3. The van der Waals surface area contributed by atoms with E-state index in [1.54, 1.807) is 6.07 Å². The van der Waals surface area contributed by atoms with Crippen molar-refractivity contribution in [3.8, 4) is 5.75 Å². The molecule has 5 nitrogen and oxygen atoms in total. The largest absolute Gasteiger partial charge is 0.573 e. The first-order valence-corrected chi connectivity index (χ1v) is 7.13. The fourth-order valence-electron chi connectivity index (χ4n) is 1.54. The molecule has 0 aliphatic heterocycles. The van der Waals surface area contributed by atoms with Gasteiger partial charge in [-0.15, -0.1) is 13.2 Å². The van der Waals surface area contributed by atoms with Gasteiger partial charge in [0.1, 0.15) is 16.4 Å². The Bertz CT molecular complexity index is 696. The Balaban J connectivity index is 2.23. The van der Waals surface area contributed by atoms with E-state index < -0.39 is 27.0 Å². The Labute approximate surface area is 118 Å². The summed E-state index contributed by atoms with van der Waals surface area (Å²) in [5.41, 5.74) is 0. The third-order valence-electron chi connectivity index (χ3n) is 2.38. The maximum atomic E-state index is 12.3. The van der Waals surface area contributed by atoms with Crippen LogP contribution in [0.5, 0.6) is 5.75 Å². The number of sulfonamides is 1. The molecule has 1 aromatic heterocycles. The summed E-state index contributed by atoms with van der Waals surface area (Å²) >= 11 is 0. The third kappa shape index (κ3) is 4.23. The average molecular weight is 321 g/mol. The predicted molar refractivity (Wildman–Crippen MR) is 65.9 cm³/mol. The van der Waals surface area contributed by atoms with Gasteiger partial charge in [-0.1, -0.05) is 12.1 Å². The van der Waals surface area contributed by atoms with E-state index >= 15 is 0 Å². The second kappa shape index (κ2) is 5.78. The van der Waals surface area contributed by atoms with Gasteiger partial charge in [-0.05, 0) is 24.3 Å². The second-order valence-electron chi connectivity index (χ2n) is 3.90. The highest BCUT2D eigenvalue weighted by molar-refractivity contribution is 7.89. The molecule has 0 amide bonds. The number of halogens is 3. The van der Waals surface area contributed by atoms with E-state index in [0.29, 0.717) is 5.76 Å². The van der Waals surface area contributed by atoms with Gasteiger partial charge in [-0.3, -0.25) is 0 Å². The highest BCUT2D eigenvalue weighted by atomic mass is 32.2. The second-order valence-corrected chi connectivity index (χ2v) is 5.63. The molecule has 0 aliphatic carbocycles. The molecule has 1 aromatic carbocycles. The van der Waals surface area contributed by atoms with Crippen LogP contribution in [0.1, 0.15) is 5.76 Å². The fourth-order valence-corrected chi connectivity index (χ4v) is 2.66. The van der Waals surface area contributed by atoms with E-state index in [9.17, 15) is 21.6 Å². The first-order chi connectivity index (χ1) is 9.78. The molecular formula is C12H10F3NO4S. The quantitative estimate of drug-likeness (QED) is 0.919. The topological polar surface area (TPSA) is 68.5 Å². The maximum absolute atomic E-state index is 12.3. The molecule has 9 heteroatoms. The van der Waals surface area contributed by atoms with Crippen molar-refractivity contribution >= 4 is 10.0 Å². The van der Waals surface area contributed by atoms with Gasteiger partial charge in [0.25, 0.3) is 0 Å². The van der Waals surface area contributed by atoms with Crippen LogP contribution in [0, 0.1) is 0 Å². The van der Waals surface area contributed by atoms with Gasteiger partial charge in [-0.2, -0.15) is 0 Å². The van der Waals surface area contributed by atoms with E-state index in [2.05, 4.69) is 9.46 Å².